The van der Waals surface area contributed by atoms with Crippen molar-refractivity contribution >= 4 is 43.4 Å². The molecule has 140 valence electrons. The molecular weight excluding hydrogens is 382 g/mol. The second kappa shape index (κ2) is 17.0. The van der Waals surface area contributed by atoms with Gasteiger partial charge in [-0.2, -0.15) is 0 Å². The molecule has 0 saturated heterocycles. The minimum Gasteiger partial charge on any atom is -0.317 e. The van der Waals surface area contributed by atoms with Crippen LogP contribution >= 0.6 is 27.3 Å². The van der Waals surface area contributed by atoms with Gasteiger partial charge in [-0.05, 0) is 41.9 Å². The molecule has 0 radical (unpaired) electrons. The molecular formula is C20H36BrNOS. The smallest absolute Gasteiger partial charge is 0.259 e. The molecule has 4 heteroatoms. The second-order valence-electron chi connectivity index (χ2n) is 4.01. The lowest BCUT2D eigenvalue weighted by Crippen LogP contribution is -2.14. The molecule has 0 N–H and O–H groups in total. The van der Waals surface area contributed by atoms with Crippen LogP contribution in [0.5, 0.6) is 0 Å². The molecule has 0 aliphatic carbocycles. The van der Waals surface area contributed by atoms with Gasteiger partial charge in [0.1, 0.15) is 0 Å². The first-order chi connectivity index (χ1) is 11.5. The van der Waals surface area contributed by atoms with Crippen LogP contribution in [0, 0.1) is 0 Å². The maximum Gasteiger partial charge on any atom is 0.259 e. The Morgan fingerprint density at radius 3 is 1.92 bits per heavy atom. The van der Waals surface area contributed by atoms with Gasteiger partial charge >= 0.3 is 0 Å². The van der Waals surface area contributed by atoms with Gasteiger partial charge in [0.2, 0.25) is 0 Å². The standard InChI is InChI=1S/C12H12BrNOS.4C2H6/c1-7(2)4-8-5-9-11(16-8)10(13)6-14(3)12(9)15;4*1-2/h4-6H,1-3H3;4*1-2H3. The van der Waals surface area contributed by atoms with Crippen molar-refractivity contribution in [3.8, 4) is 0 Å². The van der Waals surface area contributed by atoms with Gasteiger partial charge < -0.3 is 4.57 Å². The van der Waals surface area contributed by atoms with Crippen LogP contribution in [0.25, 0.3) is 16.2 Å². The summed E-state index contributed by atoms with van der Waals surface area (Å²) in [4.78, 5) is 13.0. The zero-order valence-electron chi connectivity index (χ0n) is 17.4. The molecule has 2 heterocycles. The van der Waals surface area contributed by atoms with Gasteiger partial charge in [-0.1, -0.05) is 61.0 Å². The molecule has 0 aromatic carbocycles. The van der Waals surface area contributed by atoms with Crippen LogP contribution in [0.15, 0.2) is 27.1 Å². The number of hydrogen-bond donors (Lipinski definition) is 0. The van der Waals surface area contributed by atoms with Crippen molar-refractivity contribution in [1.82, 2.24) is 4.57 Å². The summed E-state index contributed by atoms with van der Waals surface area (Å²) < 4.78 is 3.60. The highest BCUT2D eigenvalue weighted by atomic mass is 79.9. The van der Waals surface area contributed by atoms with Crippen LogP contribution in [0.3, 0.4) is 0 Å². The van der Waals surface area contributed by atoms with E-state index in [0.717, 1.165) is 19.4 Å². The number of hydrogen-bond acceptors (Lipinski definition) is 2. The summed E-state index contributed by atoms with van der Waals surface area (Å²) in [6.07, 6.45) is 3.91. The largest absolute Gasteiger partial charge is 0.317 e. The summed E-state index contributed by atoms with van der Waals surface area (Å²) in [5, 5.41) is 0.786. The quantitative estimate of drug-likeness (QED) is 0.461. The zero-order valence-corrected chi connectivity index (χ0v) is 19.8. The van der Waals surface area contributed by atoms with Crippen LogP contribution < -0.4 is 5.56 Å². The molecule has 0 aliphatic rings. The third-order valence-corrected chi connectivity index (χ3v) is 4.24. The summed E-state index contributed by atoms with van der Waals surface area (Å²) in [6.45, 7) is 20.1. The predicted octanol–water partition coefficient (Wildman–Crippen LogP) is 7.89. The Labute approximate surface area is 161 Å². The monoisotopic (exact) mass is 417 g/mol. The normalized spacial score (nSPS) is 8.17. The van der Waals surface area contributed by atoms with Crippen LogP contribution in [0.1, 0.15) is 74.1 Å². The lowest BCUT2D eigenvalue weighted by atomic mass is 10.2. The summed E-state index contributed by atoms with van der Waals surface area (Å²) in [5.74, 6) is 0. The van der Waals surface area contributed by atoms with Gasteiger partial charge in [0, 0.05) is 18.1 Å². The van der Waals surface area contributed by atoms with Gasteiger partial charge in [0.05, 0.1) is 14.6 Å². The summed E-state index contributed by atoms with van der Waals surface area (Å²) in [7, 11) is 1.77. The van der Waals surface area contributed by atoms with E-state index in [1.165, 1.54) is 5.57 Å². The number of nitrogens with zero attached hydrogens (tertiary/aromatic N) is 1. The van der Waals surface area contributed by atoms with Gasteiger partial charge in [0.25, 0.3) is 5.56 Å². The molecule has 2 nitrogen and oxygen atoms in total. The van der Waals surface area contributed by atoms with E-state index in [2.05, 4.69) is 35.9 Å². The number of aryl methyl sites for hydroxylation is 1. The minimum absolute atomic E-state index is 0.0582. The Kier molecular flexibility index (Phi) is 19.8. The van der Waals surface area contributed by atoms with Crippen LogP contribution in [0.4, 0.5) is 0 Å². The topological polar surface area (TPSA) is 22.0 Å². The third kappa shape index (κ3) is 8.84. The van der Waals surface area contributed by atoms with E-state index in [1.807, 2.05) is 67.7 Å². The first-order valence-corrected chi connectivity index (χ1v) is 10.5. The number of aromatic nitrogens is 1. The highest BCUT2D eigenvalue weighted by Crippen LogP contribution is 2.30. The van der Waals surface area contributed by atoms with E-state index in [-0.39, 0.29) is 5.56 Å². The Balaban J connectivity index is -0.000000484. The average Bonchev–Trinajstić information content (AvgIpc) is 3.04. The average molecular weight is 418 g/mol. The Bertz CT molecular complexity index is 635. The molecule has 0 bridgehead atoms. The zero-order chi connectivity index (χ0) is 19.9. The molecule has 2 rings (SSSR count). The van der Waals surface area contributed by atoms with Crippen molar-refractivity contribution in [3.05, 3.63) is 37.5 Å². The Hall–Kier alpha value is -0.870. The van der Waals surface area contributed by atoms with Crippen molar-refractivity contribution in [2.24, 2.45) is 7.05 Å². The third-order valence-electron chi connectivity index (χ3n) is 2.26. The molecule has 0 atom stereocenters. The number of rotatable bonds is 1. The van der Waals surface area contributed by atoms with Crippen molar-refractivity contribution in [2.75, 3.05) is 0 Å². The molecule has 0 saturated carbocycles. The van der Waals surface area contributed by atoms with Crippen molar-refractivity contribution in [1.29, 1.82) is 0 Å². The van der Waals surface area contributed by atoms with Crippen molar-refractivity contribution in [2.45, 2.75) is 69.2 Å². The number of halogens is 1. The maximum atomic E-state index is 11.9. The van der Waals surface area contributed by atoms with Gasteiger partial charge in [-0.15, -0.1) is 11.3 Å². The molecule has 24 heavy (non-hydrogen) atoms. The summed E-state index contributed by atoms with van der Waals surface area (Å²) in [6, 6.07) is 1.96. The van der Waals surface area contributed by atoms with E-state index >= 15 is 0 Å². The lowest BCUT2D eigenvalue weighted by Gasteiger charge is -1.98. The molecule has 0 fully saturated rings. The number of pyridine rings is 1. The SMILES string of the molecule is CC.CC.CC.CC.CC(C)=Cc1cc2c(=O)n(C)cc(Br)c2s1. The van der Waals surface area contributed by atoms with E-state index in [0.29, 0.717) is 0 Å². The van der Waals surface area contributed by atoms with Crippen LogP contribution in [-0.4, -0.2) is 4.57 Å². The molecule has 0 spiro atoms. The van der Waals surface area contributed by atoms with Crippen LogP contribution in [0.2, 0.25) is 0 Å². The van der Waals surface area contributed by atoms with E-state index in [1.54, 1.807) is 23.0 Å². The first-order valence-electron chi connectivity index (χ1n) is 8.92. The maximum absolute atomic E-state index is 11.9. The van der Waals surface area contributed by atoms with E-state index < -0.39 is 0 Å². The Morgan fingerprint density at radius 1 is 1.04 bits per heavy atom. The predicted molar refractivity (Wildman–Crippen MR) is 119 cm³/mol. The summed E-state index contributed by atoms with van der Waals surface area (Å²) >= 11 is 5.13. The van der Waals surface area contributed by atoms with Crippen LogP contribution in [-0.2, 0) is 7.05 Å². The minimum atomic E-state index is 0.0582. The molecule has 0 aliphatic heterocycles. The first kappa shape index (κ1) is 28.0. The van der Waals surface area contributed by atoms with Crippen molar-refractivity contribution < 1.29 is 0 Å². The second-order valence-corrected chi connectivity index (χ2v) is 5.94. The fraction of sp³-hybridized carbons (Fsp3) is 0.550. The molecule has 0 unspecified atom stereocenters. The summed E-state index contributed by atoms with van der Waals surface area (Å²) in [5.41, 5.74) is 1.29. The molecule has 0 amide bonds. The van der Waals surface area contributed by atoms with E-state index in [4.69, 9.17) is 0 Å². The number of fused-ring (bicyclic) bond motifs is 1. The number of thiophene rings is 1. The fourth-order valence-electron chi connectivity index (χ4n) is 1.58. The van der Waals surface area contributed by atoms with Crippen molar-refractivity contribution in [3.63, 3.8) is 0 Å². The highest BCUT2D eigenvalue weighted by Gasteiger charge is 2.08. The van der Waals surface area contributed by atoms with Gasteiger partial charge in [-0.25, -0.2) is 0 Å². The highest BCUT2D eigenvalue weighted by molar-refractivity contribution is 9.10. The van der Waals surface area contributed by atoms with Gasteiger partial charge in [-0.3, -0.25) is 4.79 Å². The number of allylic oxidation sites excluding steroid dienone is 1. The lowest BCUT2D eigenvalue weighted by molar-refractivity contribution is 0.870. The Morgan fingerprint density at radius 2 is 1.50 bits per heavy atom. The van der Waals surface area contributed by atoms with E-state index in [9.17, 15) is 4.79 Å². The molecule has 2 aromatic rings. The molecule has 2 aromatic heterocycles. The van der Waals surface area contributed by atoms with Gasteiger partial charge in [0.15, 0.2) is 0 Å². The fourth-order valence-corrected chi connectivity index (χ4v) is 3.46.